The van der Waals surface area contributed by atoms with E-state index in [-0.39, 0.29) is 12.5 Å². The number of carbonyl (C=O) groups is 1. The number of aromatic nitrogens is 2. The maximum Gasteiger partial charge on any atom is 0.246 e. The van der Waals surface area contributed by atoms with Crippen LogP contribution in [-0.4, -0.2) is 16.0 Å². The summed E-state index contributed by atoms with van der Waals surface area (Å²) in [6.45, 7) is 5.72. The highest BCUT2D eigenvalue weighted by Gasteiger charge is 2.21. The summed E-state index contributed by atoms with van der Waals surface area (Å²) in [5, 5.41) is 7.17. The Labute approximate surface area is 122 Å². The molecule has 0 bridgehead atoms. The molecule has 0 saturated heterocycles. The van der Waals surface area contributed by atoms with Crippen LogP contribution in [0.1, 0.15) is 26.7 Å². The molecule has 0 aliphatic heterocycles. The quantitative estimate of drug-likeness (QED) is 0.944. The van der Waals surface area contributed by atoms with E-state index >= 15 is 0 Å². The summed E-state index contributed by atoms with van der Waals surface area (Å²) in [7, 11) is 0. The molecule has 0 unspecified atom stereocenters. The summed E-state index contributed by atoms with van der Waals surface area (Å²) in [4.78, 5) is 16.0. The fourth-order valence-electron chi connectivity index (χ4n) is 1.50. The van der Waals surface area contributed by atoms with Crippen molar-refractivity contribution in [3.05, 3.63) is 35.2 Å². The molecule has 106 valence electrons. The lowest BCUT2D eigenvalue weighted by atomic mass is 9.96. The highest BCUT2D eigenvalue weighted by atomic mass is 35.5. The molecule has 6 heteroatoms. The molecule has 0 aliphatic rings. The smallest absolute Gasteiger partial charge is 0.246 e. The first kappa shape index (κ1) is 14.5. The zero-order valence-corrected chi connectivity index (χ0v) is 12.4. The zero-order valence-electron chi connectivity index (χ0n) is 11.6. The molecule has 0 fully saturated rings. The van der Waals surface area contributed by atoms with Gasteiger partial charge in [0.1, 0.15) is 0 Å². The van der Waals surface area contributed by atoms with E-state index in [0.717, 1.165) is 0 Å². The van der Waals surface area contributed by atoms with Gasteiger partial charge in [-0.15, -0.1) is 0 Å². The fourth-order valence-corrected chi connectivity index (χ4v) is 1.72. The molecule has 20 heavy (non-hydrogen) atoms. The van der Waals surface area contributed by atoms with Crippen LogP contribution in [0.3, 0.4) is 0 Å². The van der Waals surface area contributed by atoms with E-state index in [0.29, 0.717) is 22.3 Å². The molecule has 1 aromatic heterocycles. The molecule has 0 atom stereocenters. The summed E-state index contributed by atoms with van der Waals surface area (Å²) < 4.78 is 5.10. The lowest BCUT2D eigenvalue weighted by Crippen LogP contribution is -2.34. The molecule has 0 radical (unpaired) electrons. The first-order valence-electron chi connectivity index (χ1n) is 6.24. The summed E-state index contributed by atoms with van der Waals surface area (Å²) in [6.07, 6.45) is 0. The van der Waals surface area contributed by atoms with Crippen LogP contribution in [0.5, 0.6) is 0 Å². The van der Waals surface area contributed by atoms with Gasteiger partial charge in [-0.1, -0.05) is 49.7 Å². The van der Waals surface area contributed by atoms with Gasteiger partial charge in [0.2, 0.25) is 17.6 Å². The number of halogens is 1. The van der Waals surface area contributed by atoms with Gasteiger partial charge in [0, 0.05) is 11.0 Å². The van der Waals surface area contributed by atoms with E-state index < -0.39 is 5.41 Å². The molecular formula is C14H16ClN3O2. The van der Waals surface area contributed by atoms with Gasteiger partial charge in [-0.3, -0.25) is 4.79 Å². The number of nitrogens with zero attached hydrogens (tertiary/aromatic N) is 2. The van der Waals surface area contributed by atoms with E-state index in [1.807, 2.05) is 39.0 Å². The molecule has 1 amide bonds. The van der Waals surface area contributed by atoms with Crippen LogP contribution < -0.4 is 5.32 Å². The molecule has 5 nitrogen and oxygen atoms in total. The Balaban J connectivity index is 2.07. The third-order valence-electron chi connectivity index (χ3n) is 2.66. The predicted octanol–water partition coefficient (Wildman–Crippen LogP) is 3.05. The second-order valence-electron chi connectivity index (χ2n) is 5.42. The first-order valence-corrected chi connectivity index (χ1v) is 6.61. The number of nitrogens with one attached hydrogen (secondary N) is 1. The highest BCUT2D eigenvalue weighted by molar-refractivity contribution is 6.33. The van der Waals surface area contributed by atoms with Gasteiger partial charge < -0.3 is 9.84 Å². The second-order valence-corrected chi connectivity index (χ2v) is 5.83. The number of hydrogen-bond acceptors (Lipinski definition) is 4. The minimum absolute atomic E-state index is 0.0741. The SMILES string of the molecule is CC(C)(C)C(=O)NCc1nc(-c2ccccc2Cl)no1. The lowest BCUT2D eigenvalue weighted by Gasteiger charge is -2.16. The van der Waals surface area contributed by atoms with Crippen molar-refractivity contribution >= 4 is 17.5 Å². The highest BCUT2D eigenvalue weighted by Crippen LogP contribution is 2.24. The molecule has 1 heterocycles. The maximum atomic E-state index is 11.7. The Hall–Kier alpha value is -1.88. The van der Waals surface area contributed by atoms with Crippen molar-refractivity contribution < 1.29 is 9.32 Å². The molecule has 0 aliphatic carbocycles. The Bertz CT molecular complexity index is 617. The Morgan fingerprint density at radius 3 is 2.70 bits per heavy atom. The van der Waals surface area contributed by atoms with Crippen molar-refractivity contribution in [1.29, 1.82) is 0 Å². The summed E-state index contributed by atoms with van der Waals surface area (Å²) >= 11 is 6.06. The van der Waals surface area contributed by atoms with Gasteiger partial charge in [-0.05, 0) is 12.1 Å². The van der Waals surface area contributed by atoms with Crippen molar-refractivity contribution in [2.24, 2.45) is 5.41 Å². The molecule has 1 N–H and O–H groups in total. The van der Waals surface area contributed by atoms with E-state index in [2.05, 4.69) is 15.5 Å². The van der Waals surface area contributed by atoms with Crippen LogP contribution in [0.15, 0.2) is 28.8 Å². The second kappa shape index (κ2) is 5.63. The van der Waals surface area contributed by atoms with Crippen LogP contribution in [0, 0.1) is 5.41 Å². The van der Waals surface area contributed by atoms with E-state index in [1.165, 1.54) is 0 Å². The van der Waals surface area contributed by atoms with Gasteiger partial charge in [-0.2, -0.15) is 4.98 Å². The number of amides is 1. The van der Waals surface area contributed by atoms with Crippen LogP contribution >= 0.6 is 11.6 Å². The monoisotopic (exact) mass is 293 g/mol. The van der Waals surface area contributed by atoms with Gasteiger partial charge in [0.15, 0.2) is 0 Å². The molecular weight excluding hydrogens is 278 g/mol. The largest absolute Gasteiger partial charge is 0.347 e. The summed E-state index contributed by atoms with van der Waals surface area (Å²) in [5.41, 5.74) is 0.248. The molecule has 2 aromatic rings. The zero-order chi connectivity index (χ0) is 14.8. The number of hydrogen-bond donors (Lipinski definition) is 1. The number of benzene rings is 1. The van der Waals surface area contributed by atoms with Gasteiger partial charge in [-0.25, -0.2) is 0 Å². The van der Waals surface area contributed by atoms with Crippen molar-refractivity contribution in [2.45, 2.75) is 27.3 Å². The third kappa shape index (κ3) is 3.36. The van der Waals surface area contributed by atoms with E-state index in [9.17, 15) is 4.79 Å². The maximum absolute atomic E-state index is 11.7. The lowest BCUT2D eigenvalue weighted by molar-refractivity contribution is -0.128. The fraction of sp³-hybridized carbons (Fsp3) is 0.357. The number of carbonyl (C=O) groups excluding carboxylic acids is 1. The molecule has 0 spiro atoms. The van der Waals surface area contributed by atoms with Crippen LogP contribution in [0.2, 0.25) is 5.02 Å². The minimum atomic E-state index is -0.453. The minimum Gasteiger partial charge on any atom is -0.347 e. The average molecular weight is 294 g/mol. The Morgan fingerprint density at radius 2 is 2.05 bits per heavy atom. The Morgan fingerprint density at radius 1 is 1.35 bits per heavy atom. The Kier molecular flexibility index (Phi) is 4.09. The van der Waals surface area contributed by atoms with Gasteiger partial charge in [0.25, 0.3) is 0 Å². The van der Waals surface area contributed by atoms with E-state index in [4.69, 9.17) is 16.1 Å². The topological polar surface area (TPSA) is 68.0 Å². The van der Waals surface area contributed by atoms with Crippen molar-refractivity contribution in [1.82, 2.24) is 15.5 Å². The predicted molar refractivity (Wildman–Crippen MR) is 76.0 cm³/mol. The van der Waals surface area contributed by atoms with Gasteiger partial charge >= 0.3 is 0 Å². The molecule has 2 rings (SSSR count). The number of rotatable bonds is 3. The van der Waals surface area contributed by atoms with Crippen LogP contribution in [0.25, 0.3) is 11.4 Å². The summed E-state index contributed by atoms with van der Waals surface area (Å²) in [6, 6.07) is 7.24. The third-order valence-corrected chi connectivity index (χ3v) is 2.99. The molecule has 0 saturated carbocycles. The summed E-state index contributed by atoms with van der Waals surface area (Å²) in [5.74, 6) is 0.683. The van der Waals surface area contributed by atoms with Crippen LogP contribution in [-0.2, 0) is 11.3 Å². The van der Waals surface area contributed by atoms with Crippen molar-refractivity contribution in [2.75, 3.05) is 0 Å². The van der Waals surface area contributed by atoms with Crippen molar-refractivity contribution in [3.8, 4) is 11.4 Å². The van der Waals surface area contributed by atoms with Gasteiger partial charge in [0.05, 0.1) is 11.6 Å². The van der Waals surface area contributed by atoms with Crippen LogP contribution in [0.4, 0.5) is 0 Å². The van der Waals surface area contributed by atoms with E-state index in [1.54, 1.807) is 6.07 Å². The standard InChI is InChI=1S/C14H16ClN3O2/c1-14(2,3)13(19)16-8-11-17-12(18-20-11)9-6-4-5-7-10(9)15/h4-7H,8H2,1-3H3,(H,16,19). The normalized spacial score (nSPS) is 11.4. The average Bonchev–Trinajstić information content (AvgIpc) is 2.84. The van der Waals surface area contributed by atoms with Crippen molar-refractivity contribution in [3.63, 3.8) is 0 Å². The molecule has 1 aromatic carbocycles. The first-order chi connectivity index (χ1) is 9.38.